The summed E-state index contributed by atoms with van der Waals surface area (Å²) < 4.78 is 66.5. The molecule has 4 rings (SSSR count). The summed E-state index contributed by atoms with van der Waals surface area (Å²) in [7, 11) is 0. The zero-order chi connectivity index (χ0) is 29.4. The van der Waals surface area contributed by atoms with Crippen LogP contribution in [0.3, 0.4) is 0 Å². The maximum absolute atomic E-state index is 14.0. The second-order valence-electron chi connectivity index (χ2n) is 10.0. The highest BCUT2D eigenvalue weighted by Crippen LogP contribution is 2.42. The van der Waals surface area contributed by atoms with E-state index in [9.17, 15) is 36.3 Å². The second kappa shape index (κ2) is 10.8. The third-order valence-electron chi connectivity index (χ3n) is 7.04. The van der Waals surface area contributed by atoms with Gasteiger partial charge in [0.1, 0.15) is 11.9 Å². The number of alkyl halides is 5. The molecule has 15 heteroatoms. The van der Waals surface area contributed by atoms with Gasteiger partial charge in [0, 0.05) is 25.5 Å². The first-order valence-electron chi connectivity index (χ1n) is 12.6. The van der Waals surface area contributed by atoms with Gasteiger partial charge in [0.15, 0.2) is 5.69 Å². The van der Waals surface area contributed by atoms with Gasteiger partial charge in [0.2, 0.25) is 11.8 Å². The van der Waals surface area contributed by atoms with Crippen LogP contribution in [0.4, 0.5) is 22.0 Å². The van der Waals surface area contributed by atoms with E-state index in [1.54, 1.807) is 25.1 Å². The number of fused-ring (bicyclic) bond motifs is 1. The van der Waals surface area contributed by atoms with Crippen LogP contribution in [0.15, 0.2) is 24.4 Å². The number of H-pyrrole nitrogens is 1. The van der Waals surface area contributed by atoms with Crippen molar-refractivity contribution >= 4 is 28.8 Å². The van der Waals surface area contributed by atoms with E-state index in [2.05, 4.69) is 20.4 Å². The summed E-state index contributed by atoms with van der Waals surface area (Å²) in [5.74, 6) is -5.56. The van der Waals surface area contributed by atoms with E-state index >= 15 is 0 Å². The number of benzene rings is 1. The first kappa shape index (κ1) is 29.0. The molecule has 1 aliphatic rings. The Morgan fingerprint density at radius 3 is 2.42 bits per heavy atom. The van der Waals surface area contributed by atoms with Crippen LogP contribution in [0.25, 0.3) is 11.0 Å². The maximum Gasteiger partial charge on any atom is 0.389 e. The van der Waals surface area contributed by atoms with Crippen molar-refractivity contribution in [3.63, 3.8) is 0 Å². The minimum atomic E-state index is -4.44. The highest BCUT2D eigenvalue weighted by molar-refractivity contribution is 6.04. The number of rotatable bonds is 9. The zero-order valence-electron chi connectivity index (χ0n) is 21.4. The SMILES string of the molecule is C[C@@H](NC(=O)CCC(F)(F)F)c1ccc2nc([C@H](C3CCC(F)(F)CC3)n3cc(C(N)=O)c(C(N)=O)n3)[nH]c2c1. The fourth-order valence-electron chi connectivity index (χ4n) is 4.95. The van der Waals surface area contributed by atoms with Crippen LogP contribution in [-0.4, -0.2) is 49.6 Å². The minimum absolute atomic E-state index is 0.110. The Bertz CT molecular complexity index is 1390. The van der Waals surface area contributed by atoms with Gasteiger partial charge in [-0.05, 0) is 43.4 Å². The van der Waals surface area contributed by atoms with Gasteiger partial charge in [-0.15, -0.1) is 0 Å². The van der Waals surface area contributed by atoms with Crippen LogP contribution in [-0.2, 0) is 4.79 Å². The van der Waals surface area contributed by atoms with Crippen LogP contribution in [0, 0.1) is 5.92 Å². The maximum atomic E-state index is 14.0. The lowest BCUT2D eigenvalue weighted by atomic mass is 9.81. The Hall–Kier alpha value is -4.04. The quantitative estimate of drug-likeness (QED) is 0.287. The van der Waals surface area contributed by atoms with E-state index in [1.165, 1.54) is 10.9 Å². The van der Waals surface area contributed by atoms with E-state index in [4.69, 9.17) is 11.5 Å². The number of aromatic amines is 1. The van der Waals surface area contributed by atoms with Crippen LogP contribution in [0.1, 0.15) is 89.8 Å². The number of imidazole rings is 1. The summed E-state index contributed by atoms with van der Waals surface area (Å²) in [4.78, 5) is 43.5. The topological polar surface area (TPSA) is 162 Å². The Morgan fingerprint density at radius 2 is 1.85 bits per heavy atom. The molecule has 0 bridgehead atoms. The predicted octanol–water partition coefficient (Wildman–Crippen LogP) is 3.89. The molecule has 0 spiro atoms. The lowest BCUT2D eigenvalue weighted by Crippen LogP contribution is -2.31. The third kappa shape index (κ3) is 6.57. The number of primary amides is 2. The number of carbonyl (C=O) groups excluding carboxylic acids is 3. The van der Waals surface area contributed by atoms with Gasteiger partial charge in [0.05, 0.1) is 29.1 Å². The largest absolute Gasteiger partial charge is 0.389 e. The molecule has 0 unspecified atom stereocenters. The predicted molar refractivity (Wildman–Crippen MR) is 132 cm³/mol. The van der Waals surface area contributed by atoms with Gasteiger partial charge < -0.3 is 21.8 Å². The molecule has 10 nitrogen and oxygen atoms in total. The molecule has 2 heterocycles. The summed E-state index contributed by atoms with van der Waals surface area (Å²) in [5, 5.41) is 6.70. The fourth-order valence-corrected chi connectivity index (χ4v) is 4.95. The Balaban J connectivity index is 1.66. The lowest BCUT2D eigenvalue weighted by Gasteiger charge is -2.33. The Labute approximate surface area is 224 Å². The smallest absolute Gasteiger partial charge is 0.365 e. The van der Waals surface area contributed by atoms with Gasteiger partial charge in [-0.3, -0.25) is 19.1 Å². The first-order chi connectivity index (χ1) is 18.6. The highest BCUT2D eigenvalue weighted by atomic mass is 19.4. The molecule has 2 atom stereocenters. The Kier molecular flexibility index (Phi) is 7.85. The highest BCUT2D eigenvalue weighted by Gasteiger charge is 2.40. The van der Waals surface area contributed by atoms with E-state index in [1.807, 2.05) is 0 Å². The van der Waals surface area contributed by atoms with Crippen molar-refractivity contribution in [3.05, 3.63) is 47.0 Å². The second-order valence-corrected chi connectivity index (χ2v) is 10.0. The molecule has 6 N–H and O–H groups in total. The average Bonchev–Trinajstić information content (AvgIpc) is 3.48. The van der Waals surface area contributed by atoms with Crippen molar-refractivity contribution in [1.29, 1.82) is 0 Å². The molecule has 1 fully saturated rings. The van der Waals surface area contributed by atoms with Crippen molar-refractivity contribution in [3.8, 4) is 0 Å². The molecule has 0 radical (unpaired) electrons. The molecule has 1 saturated carbocycles. The normalized spacial score (nSPS) is 17.4. The molecule has 1 aromatic carbocycles. The van der Waals surface area contributed by atoms with Crippen LogP contribution in [0.2, 0.25) is 0 Å². The summed E-state index contributed by atoms with van der Waals surface area (Å²) in [6, 6.07) is 3.57. The average molecular weight is 570 g/mol. The number of nitrogens with one attached hydrogen (secondary N) is 2. The third-order valence-corrected chi connectivity index (χ3v) is 7.04. The molecule has 40 heavy (non-hydrogen) atoms. The van der Waals surface area contributed by atoms with Crippen molar-refractivity contribution in [2.24, 2.45) is 17.4 Å². The zero-order valence-corrected chi connectivity index (χ0v) is 21.4. The van der Waals surface area contributed by atoms with Crippen molar-refractivity contribution < 1.29 is 36.3 Å². The molecule has 3 amide bonds. The molecule has 0 saturated heterocycles. The van der Waals surface area contributed by atoms with Gasteiger partial charge >= 0.3 is 6.18 Å². The number of hydrogen-bond acceptors (Lipinski definition) is 5. The van der Waals surface area contributed by atoms with E-state index in [0.717, 1.165) is 0 Å². The number of carbonyl (C=O) groups is 3. The molecule has 3 aromatic rings. The van der Waals surface area contributed by atoms with Gasteiger partial charge in [0.25, 0.3) is 11.8 Å². The summed E-state index contributed by atoms with van der Waals surface area (Å²) in [6.45, 7) is 1.62. The number of nitrogens with zero attached hydrogens (tertiary/aromatic N) is 3. The van der Waals surface area contributed by atoms with Crippen molar-refractivity contribution in [2.75, 3.05) is 0 Å². The van der Waals surface area contributed by atoms with Crippen molar-refractivity contribution in [1.82, 2.24) is 25.1 Å². The molecule has 0 aliphatic heterocycles. The fraction of sp³-hybridized carbons (Fsp3) is 0.480. The summed E-state index contributed by atoms with van der Waals surface area (Å²) >= 11 is 0. The number of hydrogen-bond donors (Lipinski definition) is 4. The first-order valence-corrected chi connectivity index (χ1v) is 12.6. The van der Waals surface area contributed by atoms with Crippen LogP contribution >= 0.6 is 0 Å². The Morgan fingerprint density at radius 1 is 1.18 bits per heavy atom. The van der Waals surface area contributed by atoms with Crippen LogP contribution < -0.4 is 16.8 Å². The van der Waals surface area contributed by atoms with Crippen molar-refractivity contribution in [2.45, 2.75) is 69.6 Å². The number of aromatic nitrogens is 4. The summed E-state index contributed by atoms with van der Waals surface area (Å²) in [6.07, 6.45) is -5.63. The number of nitrogens with two attached hydrogens (primary N) is 2. The molecular weight excluding hydrogens is 541 g/mol. The lowest BCUT2D eigenvalue weighted by molar-refractivity contribution is -0.144. The van der Waals surface area contributed by atoms with Gasteiger partial charge in [-0.25, -0.2) is 13.8 Å². The van der Waals surface area contributed by atoms with Crippen LogP contribution in [0.5, 0.6) is 0 Å². The van der Waals surface area contributed by atoms with Gasteiger partial charge in [-0.2, -0.15) is 18.3 Å². The number of amides is 3. The van der Waals surface area contributed by atoms with Gasteiger partial charge in [-0.1, -0.05) is 6.07 Å². The molecule has 216 valence electrons. The van der Waals surface area contributed by atoms with E-state index in [-0.39, 0.29) is 36.9 Å². The monoisotopic (exact) mass is 569 g/mol. The van der Waals surface area contributed by atoms with E-state index in [0.29, 0.717) is 22.4 Å². The van der Waals surface area contributed by atoms with E-state index < -0.39 is 60.7 Å². The number of halogens is 5. The minimum Gasteiger partial charge on any atom is -0.365 e. The molecule has 2 aromatic heterocycles. The molecule has 1 aliphatic carbocycles. The standard InChI is InChI=1S/C25H28F5N7O3/c1-12(33-18(38)6-9-25(28,29)30)14-2-3-16-17(10-14)35-23(34-16)20(13-4-7-24(26,27)8-5-13)37-11-15(21(31)39)19(36-37)22(32)40/h2-3,10-13,20H,4-9H2,1H3,(H2,31,39)(H2,32,40)(H,33,38)(H,34,35)/t12-,20+/m1/s1. The molecular formula is C25H28F5N7O3. The summed E-state index contributed by atoms with van der Waals surface area (Å²) in [5.41, 5.74) is 11.8.